The number of carbonyl (C=O) groups excluding carboxylic acids is 1. The van der Waals surface area contributed by atoms with E-state index in [1.165, 1.54) is 5.56 Å². The molecule has 0 bridgehead atoms. The zero-order valence-corrected chi connectivity index (χ0v) is 21.6. The Morgan fingerprint density at radius 2 is 1.94 bits per heavy atom. The molecule has 0 unspecified atom stereocenters. The molecule has 35 heavy (non-hydrogen) atoms. The van der Waals surface area contributed by atoms with Crippen molar-refractivity contribution < 1.29 is 13.2 Å². The Morgan fingerprint density at radius 3 is 2.66 bits per heavy atom. The smallest absolute Gasteiger partial charge is 0.237 e. The molecule has 3 fully saturated rings. The van der Waals surface area contributed by atoms with Gasteiger partial charge in [-0.2, -0.15) is 5.10 Å². The van der Waals surface area contributed by atoms with Gasteiger partial charge in [0.25, 0.3) is 0 Å². The quantitative estimate of drug-likeness (QED) is 0.610. The first-order valence-electron chi connectivity index (χ1n) is 12.6. The highest BCUT2D eigenvalue weighted by Gasteiger charge is 2.51. The molecule has 1 saturated heterocycles. The minimum atomic E-state index is -3.10. The zero-order chi connectivity index (χ0) is 24.4. The van der Waals surface area contributed by atoms with Crippen LogP contribution in [0.1, 0.15) is 49.7 Å². The number of anilines is 1. The number of hydrogen-bond donors (Lipinski definition) is 1. The number of hydrogen-bond acceptors (Lipinski definition) is 5. The van der Waals surface area contributed by atoms with Gasteiger partial charge in [-0.3, -0.25) is 14.4 Å². The fraction of sp³-hybridized carbons (Fsp3) is 0.600. The van der Waals surface area contributed by atoms with E-state index in [1.807, 2.05) is 36.1 Å². The van der Waals surface area contributed by atoms with Gasteiger partial charge in [0.2, 0.25) is 15.9 Å². The van der Waals surface area contributed by atoms with Crippen molar-refractivity contribution in [2.24, 2.45) is 5.92 Å². The highest BCUT2D eigenvalue weighted by Crippen LogP contribution is 2.48. The van der Waals surface area contributed by atoms with Gasteiger partial charge in [-0.25, -0.2) is 13.1 Å². The van der Waals surface area contributed by atoms with Gasteiger partial charge >= 0.3 is 0 Å². The summed E-state index contributed by atoms with van der Waals surface area (Å²) in [5, 5.41) is 5.08. The first-order chi connectivity index (χ1) is 16.7. The molecular weight excluding hydrogens is 486 g/mol. The fourth-order valence-electron chi connectivity index (χ4n) is 6.10. The number of nitrogens with zero attached hydrogens (tertiary/aromatic N) is 4. The fourth-order valence-corrected chi connectivity index (χ4v) is 7.88. The average Bonchev–Trinajstić information content (AvgIpc) is 3.56. The first-order valence-corrected chi connectivity index (χ1v) is 14.5. The Kier molecular flexibility index (Phi) is 5.75. The SMILES string of the molecule is CN1C(=O)C2(CCN(Cc3cnn(CC4CC(NS(=O)(=O)C5CC5)C4)c3)CC2)c2cc(Cl)ccc21. The number of sulfonamides is 1. The molecule has 1 amide bonds. The number of nitrogens with one attached hydrogen (secondary N) is 1. The normalized spacial score (nSPS) is 26.2. The summed E-state index contributed by atoms with van der Waals surface area (Å²) in [7, 11) is -1.24. The Hall–Kier alpha value is -1.94. The second kappa shape index (κ2) is 8.57. The van der Waals surface area contributed by atoms with Gasteiger partial charge in [-0.15, -0.1) is 0 Å². The van der Waals surface area contributed by atoms with Gasteiger partial charge in [0.15, 0.2) is 0 Å². The van der Waals surface area contributed by atoms with Crippen molar-refractivity contribution >= 4 is 33.2 Å². The van der Waals surface area contributed by atoms with Crippen LogP contribution in [0.5, 0.6) is 0 Å². The molecule has 1 aromatic carbocycles. The van der Waals surface area contributed by atoms with E-state index < -0.39 is 15.4 Å². The summed E-state index contributed by atoms with van der Waals surface area (Å²) < 4.78 is 29.0. The number of likely N-dealkylation sites (tertiary alicyclic amines) is 1. The van der Waals surface area contributed by atoms with Crippen molar-refractivity contribution in [2.45, 2.75) is 68.3 Å². The van der Waals surface area contributed by atoms with E-state index >= 15 is 0 Å². The Morgan fingerprint density at radius 1 is 1.20 bits per heavy atom. The summed E-state index contributed by atoms with van der Waals surface area (Å²) in [5.41, 5.74) is 2.76. The molecule has 0 atom stereocenters. The van der Waals surface area contributed by atoms with Gasteiger partial charge in [0.1, 0.15) is 0 Å². The van der Waals surface area contributed by atoms with Gasteiger partial charge in [0.05, 0.1) is 16.9 Å². The zero-order valence-electron chi connectivity index (χ0n) is 20.0. The molecule has 2 saturated carbocycles. The molecule has 4 aliphatic rings. The number of piperidine rings is 1. The van der Waals surface area contributed by atoms with E-state index in [1.54, 1.807) is 4.90 Å². The largest absolute Gasteiger partial charge is 0.314 e. The highest BCUT2D eigenvalue weighted by molar-refractivity contribution is 7.90. The summed E-state index contributed by atoms with van der Waals surface area (Å²) in [4.78, 5) is 17.4. The van der Waals surface area contributed by atoms with Crippen LogP contribution in [0.2, 0.25) is 5.02 Å². The van der Waals surface area contributed by atoms with Crippen LogP contribution in [0, 0.1) is 5.92 Å². The van der Waals surface area contributed by atoms with E-state index in [0.717, 1.165) is 76.0 Å². The Bertz CT molecular complexity index is 1240. The van der Waals surface area contributed by atoms with Crippen LogP contribution < -0.4 is 9.62 Å². The molecule has 1 N–H and O–H groups in total. The second-order valence-corrected chi connectivity index (χ2v) is 13.3. The molecule has 1 aromatic heterocycles. The Balaban J connectivity index is 1.01. The van der Waals surface area contributed by atoms with E-state index in [4.69, 9.17) is 11.6 Å². The summed E-state index contributed by atoms with van der Waals surface area (Å²) >= 11 is 6.28. The molecule has 6 rings (SSSR count). The Labute approximate surface area is 211 Å². The third-order valence-corrected chi connectivity index (χ3v) is 10.6. The van der Waals surface area contributed by atoms with Crippen LogP contribution in [0.3, 0.4) is 0 Å². The standard InChI is InChI=1S/C25H32ClN5O3S/c1-29-23-5-2-19(26)12-22(23)25(24(29)32)6-8-30(9-7-25)14-18-13-27-31(16-18)15-17-10-20(11-17)28-35(33,34)21-3-4-21/h2,5,12-13,16-17,20-21,28H,3-4,6-11,14-15H2,1H3. The lowest BCUT2D eigenvalue weighted by atomic mass is 9.73. The predicted molar refractivity (Wildman–Crippen MR) is 135 cm³/mol. The van der Waals surface area contributed by atoms with Gasteiger partial charge in [0, 0.05) is 48.6 Å². The topological polar surface area (TPSA) is 87.5 Å². The third-order valence-electron chi connectivity index (χ3n) is 8.33. The van der Waals surface area contributed by atoms with Crippen LogP contribution >= 0.6 is 11.6 Å². The molecular formula is C25H32ClN5O3S. The van der Waals surface area contributed by atoms with Crippen LogP contribution in [-0.4, -0.2) is 60.4 Å². The lowest BCUT2D eigenvalue weighted by molar-refractivity contribution is -0.124. The van der Waals surface area contributed by atoms with Crippen molar-refractivity contribution in [3.63, 3.8) is 0 Å². The van der Waals surface area contributed by atoms with Crippen LogP contribution in [0.4, 0.5) is 5.69 Å². The van der Waals surface area contributed by atoms with E-state index in [2.05, 4.69) is 20.9 Å². The molecule has 2 aromatic rings. The predicted octanol–water partition coefficient (Wildman–Crippen LogP) is 2.91. The lowest BCUT2D eigenvalue weighted by Crippen LogP contribution is -2.47. The first kappa shape index (κ1) is 23.5. The summed E-state index contributed by atoms with van der Waals surface area (Å²) in [6.07, 6.45) is 8.97. The maximum absolute atomic E-state index is 13.2. The summed E-state index contributed by atoms with van der Waals surface area (Å²) in [5.74, 6) is 0.641. The molecule has 0 radical (unpaired) electrons. The van der Waals surface area contributed by atoms with Gasteiger partial charge in [-0.05, 0) is 81.3 Å². The number of carbonyl (C=O) groups is 1. The number of rotatable bonds is 7. The number of benzene rings is 1. The van der Waals surface area contributed by atoms with Crippen LogP contribution in [0.15, 0.2) is 30.6 Å². The molecule has 10 heteroatoms. The maximum Gasteiger partial charge on any atom is 0.237 e. The molecule has 2 aliphatic carbocycles. The number of aromatic nitrogens is 2. The third kappa shape index (κ3) is 4.30. The lowest BCUT2D eigenvalue weighted by Gasteiger charge is -2.38. The number of halogens is 1. The van der Waals surface area contributed by atoms with Crippen molar-refractivity contribution in [1.82, 2.24) is 19.4 Å². The number of amides is 1. The van der Waals surface area contributed by atoms with Crippen LogP contribution in [-0.2, 0) is 33.3 Å². The van der Waals surface area contributed by atoms with E-state index in [9.17, 15) is 13.2 Å². The molecule has 188 valence electrons. The van der Waals surface area contributed by atoms with Gasteiger partial charge in [-0.1, -0.05) is 11.6 Å². The monoisotopic (exact) mass is 517 g/mol. The molecule has 8 nitrogen and oxygen atoms in total. The second-order valence-electron chi connectivity index (χ2n) is 10.9. The number of fused-ring (bicyclic) bond motifs is 2. The van der Waals surface area contributed by atoms with Crippen molar-refractivity contribution in [1.29, 1.82) is 0 Å². The summed E-state index contributed by atoms with van der Waals surface area (Å²) in [6.45, 7) is 3.34. The molecule has 1 spiro atoms. The summed E-state index contributed by atoms with van der Waals surface area (Å²) in [6, 6.07) is 5.86. The number of likely N-dealkylation sites (N-methyl/N-ethyl adjacent to an activating group) is 1. The van der Waals surface area contributed by atoms with Gasteiger partial charge < -0.3 is 4.90 Å². The van der Waals surface area contributed by atoms with Crippen molar-refractivity contribution in [3.05, 3.63) is 46.7 Å². The minimum Gasteiger partial charge on any atom is -0.314 e. The highest BCUT2D eigenvalue weighted by atomic mass is 35.5. The van der Waals surface area contributed by atoms with E-state index in [0.29, 0.717) is 10.9 Å². The van der Waals surface area contributed by atoms with Crippen molar-refractivity contribution in [3.8, 4) is 0 Å². The minimum absolute atomic E-state index is 0.0821. The average molecular weight is 518 g/mol. The van der Waals surface area contributed by atoms with Crippen LogP contribution in [0.25, 0.3) is 0 Å². The molecule has 3 heterocycles. The van der Waals surface area contributed by atoms with E-state index in [-0.39, 0.29) is 17.2 Å². The maximum atomic E-state index is 13.2. The van der Waals surface area contributed by atoms with Crippen molar-refractivity contribution in [2.75, 3.05) is 25.0 Å². The molecule has 2 aliphatic heterocycles.